The van der Waals surface area contributed by atoms with Crippen molar-refractivity contribution in [3.63, 3.8) is 0 Å². The number of anilines is 1. The molecule has 4 aromatic rings. The van der Waals surface area contributed by atoms with Gasteiger partial charge in [0, 0.05) is 24.1 Å². The number of para-hydroxylation sites is 1. The van der Waals surface area contributed by atoms with Gasteiger partial charge < -0.3 is 19.0 Å². The fourth-order valence-corrected chi connectivity index (χ4v) is 3.96. The lowest BCUT2D eigenvalue weighted by molar-refractivity contribution is 0.0993. The number of aryl methyl sites for hydroxylation is 1. The average molecular weight is 446 g/mol. The molecule has 33 heavy (non-hydrogen) atoms. The Hall–Kier alpha value is -3.94. The number of amides is 1. The van der Waals surface area contributed by atoms with Crippen molar-refractivity contribution < 1.29 is 18.3 Å². The second-order valence-corrected chi connectivity index (χ2v) is 7.93. The Kier molecular flexibility index (Phi) is 5.89. The molecule has 1 N–H and O–H groups in total. The summed E-state index contributed by atoms with van der Waals surface area (Å²) in [4.78, 5) is 12.9. The highest BCUT2D eigenvalue weighted by Gasteiger charge is 2.20. The minimum atomic E-state index is -0.553. The van der Waals surface area contributed by atoms with Gasteiger partial charge in [-0.3, -0.25) is 4.79 Å². The molecule has 2 aromatic carbocycles. The van der Waals surface area contributed by atoms with Crippen molar-refractivity contribution in [2.24, 2.45) is 0 Å². The minimum Gasteiger partial charge on any atom is -0.489 e. The van der Waals surface area contributed by atoms with E-state index in [2.05, 4.69) is 20.1 Å². The smallest absolute Gasteiger partial charge is 0.291 e. The van der Waals surface area contributed by atoms with Crippen LogP contribution in [0.5, 0.6) is 5.75 Å². The lowest BCUT2D eigenvalue weighted by Gasteiger charge is -2.11. The van der Waals surface area contributed by atoms with E-state index in [0.29, 0.717) is 22.7 Å². The molecule has 5 rings (SSSR count). The Morgan fingerprint density at radius 2 is 1.97 bits per heavy atom. The Morgan fingerprint density at radius 3 is 2.85 bits per heavy atom. The number of rotatable bonds is 6. The molecule has 0 radical (unpaired) electrons. The number of benzene rings is 2. The molecule has 1 aliphatic rings. The number of carbonyl (C=O) groups is 1. The van der Waals surface area contributed by atoms with Gasteiger partial charge in [0.2, 0.25) is 0 Å². The first-order chi connectivity index (χ1) is 16.2. The molecular weight excluding hydrogens is 423 g/mol. The van der Waals surface area contributed by atoms with Crippen LogP contribution in [-0.4, -0.2) is 20.7 Å². The molecule has 0 bridgehead atoms. The highest BCUT2D eigenvalue weighted by Crippen LogP contribution is 2.27. The Balaban J connectivity index is 1.35. The molecular formula is C25H23FN4O3. The lowest BCUT2D eigenvalue weighted by atomic mass is 10.1. The van der Waals surface area contributed by atoms with E-state index < -0.39 is 11.7 Å². The van der Waals surface area contributed by atoms with E-state index in [1.54, 1.807) is 18.2 Å². The van der Waals surface area contributed by atoms with E-state index in [0.717, 1.165) is 38.1 Å². The van der Waals surface area contributed by atoms with Gasteiger partial charge in [-0.2, -0.15) is 0 Å². The summed E-state index contributed by atoms with van der Waals surface area (Å²) >= 11 is 0. The Morgan fingerprint density at radius 1 is 1.09 bits per heavy atom. The highest BCUT2D eigenvalue weighted by atomic mass is 19.1. The van der Waals surface area contributed by atoms with Gasteiger partial charge in [0.1, 0.15) is 24.0 Å². The monoisotopic (exact) mass is 446 g/mol. The number of nitrogens with zero attached hydrogens (tertiary/aromatic N) is 3. The summed E-state index contributed by atoms with van der Waals surface area (Å²) in [5.41, 5.74) is 1.31. The molecule has 0 saturated heterocycles. The first-order valence-electron chi connectivity index (χ1n) is 11.0. The van der Waals surface area contributed by atoms with Crippen molar-refractivity contribution in [3.05, 3.63) is 83.8 Å². The van der Waals surface area contributed by atoms with E-state index >= 15 is 0 Å². The van der Waals surface area contributed by atoms with Crippen LogP contribution in [0.1, 0.15) is 41.2 Å². The first kappa shape index (κ1) is 20.9. The van der Waals surface area contributed by atoms with Gasteiger partial charge in [-0.05, 0) is 49.2 Å². The Labute approximate surface area is 190 Å². The zero-order chi connectivity index (χ0) is 22.6. The third-order valence-corrected chi connectivity index (χ3v) is 5.67. The van der Waals surface area contributed by atoms with Gasteiger partial charge >= 0.3 is 0 Å². The predicted molar refractivity (Wildman–Crippen MR) is 120 cm³/mol. The van der Waals surface area contributed by atoms with Crippen molar-refractivity contribution in [2.75, 3.05) is 5.32 Å². The second-order valence-electron chi connectivity index (χ2n) is 7.93. The number of halogens is 1. The summed E-state index contributed by atoms with van der Waals surface area (Å²) < 4.78 is 27.7. The van der Waals surface area contributed by atoms with E-state index in [-0.39, 0.29) is 18.1 Å². The first-order valence-corrected chi connectivity index (χ1v) is 11.0. The lowest BCUT2D eigenvalue weighted by Crippen LogP contribution is -2.15. The summed E-state index contributed by atoms with van der Waals surface area (Å²) in [7, 11) is 0. The standard InChI is InChI=1S/C25H23FN4O3/c26-20-11-10-17(24-29-28-22-9-5-2-6-13-30(22)24)15-21(20)27-25(31)23-18(12-14-32-23)16-33-19-7-3-1-4-8-19/h1,3-4,7-8,10-12,14-15H,2,5-6,9,13,16H2,(H,27,31). The van der Waals surface area contributed by atoms with Gasteiger partial charge in [0.05, 0.1) is 12.0 Å². The highest BCUT2D eigenvalue weighted by molar-refractivity contribution is 6.03. The zero-order valence-corrected chi connectivity index (χ0v) is 18.0. The maximum atomic E-state index is 14.6. The number of furan rings is 1. The fraction of sp³-hybridized carbons (Fsp3) is 0.240. The number of ether oxygens (including phenoxy) is 1. The number of fused-ring (bicyclic) bond motifs is 1. The van der Waals surface area contributed by atoms with Crippen LogP contribution in [-0.2, 0) is 19.6 Å². The van der Waals surface area contributed by atoms with E-state index in [1.807, 2.05) is 30.3 Å². The van der Waals surface area contributed by atoms with E-state index in [1.165, 1.54) is 12.3 Å². The van der Waals surface area contributed by atoms with Crippen molar-refractivity contribution in [1.82, 2.24) is 14.8 Å². The third-order valence-electron chi connectivity index (χ3n) is 5.67. The van der Waals surface area contributed by atoms with Gasteiger partial charge in [-0.25, -0.2) is 4.39 Å². The van der Waals surface area contributed by atoms with Crippen LogP contribution >= 0.6 is 0 Å². The van der Waals surface area contributed by atoms with Gasteiger partial charge in [-0.1, -0.05) is 24.6 Å². The van der Waals surface area contributed by atoms with Crippen LogP contribution in [0.4, 0.5) is 10.1 Å². The minimum absolute atomic E-state index is 0.0507. The normalized spacial score (nSPS) is 13.2. The molecule has 168 valence electrons. The summed E-state index contributed by atoms with van der Waals surface area (Å²) in [6.45, 7) is 0.978. The number of hydrogen-bond acceptors (Lipinski definition) is 5. The van der Waals surface area contributed by atoms with Gasteiger partial charge in [0.15, 0.2) is 11.6 Å². The topological polar surface area (TPSA) is 82.2 Å². The van der Waals surface area contributed by atoms with E-state index in [4.69, 9.17) is 9.15 Å². The molecule has 8 heteroatoms. The number of carbonyl (C=O) groups excluding carboxylic acids is 1. The van der Waals surface area contributed by atoms with Crippen LogP contribution < -0.4 is 10.1 Å². The molecule has 0 atom stereocenters. The molecule has 7 nitrogen and oxygen atoms in total. The van der Waals surface area contributed by atoms with Gasteiger partial charge in [0.25, 0.3) is 5.91 Å². The fourth-order valence-electron chi connectivity index (χ4n) is 3.96. The van der Waals surface area contributed by atoms with E-state index in [9.17, 15) is 9.18 Å². The SMILES string of the molecule is O=C(Nc1cc(-c2nnc3n2CCCCC3)ccc1F)c1occc1COc1ccccc1. The third kappa shape index (κ3) is 4.50. The molecule has 0 aliphatic carbocycles. The molecule has 2 aromatic heterocycles. The molecule has 3 heterocycles. The molecule has 0 unspecified atom stereocenters. The Bertz CT molecular complexity index is 1270. The predicted octanol–water partition coefficient (Wildman–Crippen LogP) is 5.23. The summed E-state index contributed by atoms with van der Waals surface area (Å²) in [6.07, 6.45) is 5.57. The zero-order valence-electron chi connectivity index (χ0n) is 18.0. The molecule has 0 spiro atoms. The number of nitrogens with one attached hydrogen (secondary N) is 1. The largest absolute Gasteiger partial charge is 0.489 e. The maximum Gasteiger partial charge on any atom is 0.291 e. The number of hydrogen-bond donors (Lipinski definition) is 1. The van der Waals surface area contributed by atoms with Crippen LogP contribution in [0.15, 0.2) is 65.3 Å². The summed E-state index contributed by atoms with van der Waals surface area (Å²) in [5.74, 6) is 1.27. The van der Waals surface area contributed by atoms with Crippen LogP contribution in [0, 0.1) is 5.82 Å². The van der Waals surface area contributed by atoms with Gasteiger partial charge in [-0.15, -0.1) is 10.2 Å². The maximum absolute atomic E-state index is 14.6. The van der Waals surface area contributed by atoms with Crippen molar-refractivity contribution in [1.29, 1.82) is 0 Å². The molecule has 0 fully saturated rings. The molecule has 0 saturated carbocycles. The quantitative estimate of drug-likeness (QED) is 0.438. The van der Waals surface area contributed by atoms with Crippen molar-refractivity contribution in [2.45, 2.75) is 38.8 Å². The van der Waals surface area contributed by atoms with Crippen molar-refractivity contribution >= 4 is 11.6 Å². The molecule has 1 amide bonds. The average Bonchev–Trinajstić information content (AvgIpc) is 3.41. The van der Waals surface area contributed by atoms with Crippen molar-refractivity contribution in [3.8, 4) is 17.1 Å². The van der Waals surface area contributed by atoms with Crippen LogP contribution in [0.25, 0.3) is 11.4 Å². The second kappa shape index (κ2) is 9.28. The van der Waals surface area contributed by atoms with Crippen LogP contribution in [0.3, 0.4) is 0 Å². The molecule has 1 aliphatic heterocycles. The van der Waals surface area contributed by atoms with Crippen LogP contribution in [0.2, 0.25) is 0 Å². The number of aromatic nitrogens is 3. The summed E-state index contributed by atoms with van der Waals surface area (Å²) in [5, 5.41) is 11.3. The summed E-state index contributed by atoms with van der Waals surface area (Å²) in [6, 6.07) is 15.5.